The molecule has 0 radical (unpaired) electrons. The van der Waals surface area contributed by atoms with Crippen LogP contribution in [-0.2, 0) is 0 Å². The van der Waals surface area contributed by atoms with Crippen molar-refractivity contribution in [3.05, 3.63) is 40.6 Å². The number of hydrogen-bond donors (Lipinski definition) is 1. The van der Waals surface area contributed by atoms with Gasteiger partial charge in [-0.2, -0.15) is 0 Å². The van der Waals surface area contributed by atoms with E-state index in [9.17, 15) is 0 Å². The predicted octanol–water partition coefficient (Wildman–Crippen LogP) is 5.29. The Morgan fingerprint density at radius 1 is 1.17 bits per heavy atom. The summed E-state index contributed by atoms with van der Waals surface area (Å²) in [6, 6.07) is 10.4. The molecule has 0 aliphatic rings. The SMILES string of the molecule is CCCCC(C)c1sccc1-c1ccc(N)cc1. The second-order valence-electron chi connectivity index (χ2n) is 4.86. The van der Waals surface area contributed by atoms with Gasteiger partial charge >= 0.3 is 0 Å². The highest BCUT2D eigenvalue weighted by molar-refractivity contribution is 7.10. The molecule has 18 heavy (non-hydrogen) atoms. The Kier molecular flexibility index (Phi) is 4.43. The van der Waals surface area contributed by atoms with E-state index in [0.29, 0.717) is 5.92 Å². The fraction of sp³-hybridized carbons (Fsp3) is 0.375. The lowest BCUT2D eigenvalue weighted by Gasteiger charge is -2.12. The van der Waals surface area contributed by atoms with Crippen LogP contribution >= 0.6 is 11.3 Å². The van der Waals surface area contributed by atoms with Crippen LogP contribution in [0.4, 0.5) is 5.69 Å². The fourth-order valence-electron chi connectivity index (χ4n) is 2.25. The summed E-state index contributed by atoms with van der Waals surface area (Å²) < 4.78 is 0. The maximum absolute atomic E-state index is 5.75. The molecule has 1 unspecified atom stereocenters. The largest absolute Gasteiger partial charge is 0.399 e. The van der Waals surface area contributed by atoms with E-state index in [1.807, 2.05) is 23.5 Å². The normalized spacial score (nSPS) is 12.6. The average Bonchev–Trinajstić information content (AvgIpc) is 2.86. The quantitative estimate of drug-likeness (QED) is 0.725. The molecule has 0 amide bonds. The third-order valence-electron chi connectivity index (χ3n) is 3.36. The van der Waals surface area contributed by atoms with Crippen molar-refractivity contribution in [1.29, 1.82) is 0 Å². The zero-order valence-corrected chi connectivity index (χ0v) is 12.0. The van der Waals surface area contributed by atoms with E-state index in [0.717, 1.165) is 5.69 Å². The highest BCUT2D eigenvalue weighted by Gasteiger charge is 2.13. The highest BCUT2D eigenvalue weighted by atomic mass is 32.1. The first-order chi connectivity index (χ1) is 8.72. The molecule has 1 atom stereocenters. The number of nitrogen functional groups attached to an aromatic ring is 1. The van der Waals surface area contributed by atoms with Crippen LogP contribution in [0, 0.1) is 0 Å². The van der Waals surface area contributed by atoms with Gasteiger partial charge in [0.2, 0.25) is 0 Å². The van der Waals surface area contributed by atoms with Gasteiger partial charge in [-0.05, 0) is 47.0 Å². The monoisotopic (exact) mass is 259 g/mol. The van der Waals surface area contributed by atoms with Gasteiger partial charge in [0.05, 0.1) is 0 Å². The molecule has 0 spiro atoms. The molecule has 0 fully saturated rings. The lowest BCUT2D eigenvalue weighted by Crippen LogP contribution is -1.93. The Morgan fingerprint density at radius 2 is 1.89 bits per heavy atom. The van der Waals surface area contributed by atoms with E-state index in [-0.39, 0.29) is 0 Å². The zero-order chi connectivity index (χ0) is 13.0. The minimum atomic E-state index is 0.650. The average molecular weight is 259 g/mol. The van der Waals surface area contributed by atoms with Gasteiger partial charge < -0.3 is 5.73 Å². The van der Waals surface area contributed by atoms with Crippen molar-refractivity contribution in [3.8, 4) is 11.1 Å². The van der Waals surface area contributed by atoms with Gasteiger partial charge in [-0.1, -0.05) is 38.8 Å². The van der Waals surface area contributed by atoms with E-state index in [1.54, 1.807) is 0 Å². The van der Waals surface area contributed by atoms with E-state index in [1.165, 1.54) is 35.3 Å². The highest BCUT2D eigenvalue weighted by Crippen LogP contribution is 2.36. The standard InChI is InChI=1S/C16H21NS/c1-3-4-5-12(2)16-15(10-11-18-16)13-6-8-14(17)9-7-13/h6-12H,3-5,17H2,1-2H3. The second kappa shape index (κ2) is 6.05. The van der Waals surface area contributed by atoms with Crippen LogP contribution in [0.5, 0.6) is 0 Å². The van der Waals surface area contributed by atoms with Gasteiger partial charge in [0, 0.05) is 10.6 Å². The molecule has 1 aromatic heterocycles. The van der Waals surface area contributed by atoms with Crippen LogP contribution in [0.15, 0.2) is 35.7 Å². The van der Waals surface area contributed by atoms with Crippen molar-refractivity contribution in [2.45, 2.75) is 39.0 Å². The van der Waals surface area contributed by atoms with Crippen molar-refractivity contribution in [1.82, 2.24) is 0 Å². The minimum absolute atomic E-state index is 0.650. The minimum Gasteiger partial charge on any atom is -0.399 e. The molecular formula is C16H21NS. The summed E-state index contributed by atoms with van der Waals surface area (Å²) >= 11 is 1.88. The molecule has 96 valence electrons. The van der Waals surface area contributed by atoms with Gasteiger partial charge in [0.25, 0.3) is 0 Å². The number of nitrogens with two attached hydrogens (primary N) is 1. The smallest absolute Gasteiger partial charge is 0.0314 e. The Labute approximate surface area is 114 Å². The third kappa shape index (κ3) is 2.94. The second-order valence-corrected chi connectivity index (χ2v) is 5.81. The number of benzene rings is 1. The first kappa shape index (κ1) is 13.2. The number of unbranched alkanes of at least 4 members (excludes halogenated alkanes) is 1. The molecule has 1 aromatic carbocycles. The van der Waals surface area contributed by atoms with Crippen molar-refractivity contribution in [2.75, 3.05) is 5.73 Å². The van der Waals surface area contributed by atoms with Crippen LogP contribution < -0.4 is 5.73 Å². The van der Waals surface area contributed by atoms with Crippen LogP contribution in [0.25, 0.3) is 11.1 Å². The summed E-state index contributed by atoms with van der Waals surface area (Å²) in [5.74, 6) is 0.650. The lowest BCUT2D eigenvalue weighted by atomic mass is 9.96. The summed E-state index contributed by atoms with van der Waals surface area (Å²) in [5, 5.41) is 2.20. The first-order valence-electron chi connectivity index (χ1n) is 6.65. The molecule has 2 N–H and O–H groups in total. The Balaban J connectivity index is 2.24. The number of anilines is 1. The van der Waals surface area contributed by atoms with Gasteiger partial charge in [0.1, 0.15) is 0 Å². The first-order valence-corrected chi connectivity index (χ1v) is 7.53. The summed E-state index contributed by atoms with van der Waals surface area (Å²) in [6.07, 6.45) is 3.85. The molecule has 2 rings (SSSR count). The zero-order valence-electron chi connectivity index (χ0n) is 11.1. The van der Waals surface area contributed by atoms with Gasteiger partial charge in [-0.15, -0.1) is 11.3 Å². The summed E-state index contributed by atoms with van der Waals surface area (Å²) in [6.45, 7) is 4.59. The molecule has 1 nitrogen and oxygen atoms in total. The van der Waals surface area contributed by atoms with E-state index in [4.69, 9.17) is 5.73 Å². The van der Waals surface area contributed by atoms with Crippen LogP contribution in [0.1, 0.15) is 43.9 Å². The van der Waals surface area contributed by atoms with Crippen LogP contribution in [0.3, 0.4) is 0 Å². The molecule has 2 aromatic rings. The Bertz CT molecular complexity index is 484. The topological polar surface area (TPSA) is 26.0 Å². The van der Waals surface area contributed by atoms with Gasteiger partial charge in [-0.25, -0.2) is 0 Å². The molecular weight excluding hydrogens is 238 g/mol. The third-order valence-corrected chi connectivity index (χ3v) is 4.50. The summed E-state index contributed by atoms with van der Waals surface area (Å²) in [7, 11) is 0. The molecule has 0 aliphatic heterocycles. The van der Waals surface area contributed by atoms with Crippen molar-refractivity contribution in [3.63, 3.8) is 0 Å². The molecule has 0 saturated heterocycles. The van der Waals surface area contributed by atoms with E-state index < -0.39 is 0 Å². The Morgan fingerprint density at radius 3 is 2.56 bits per heavy atom. The van der Waals surface area contributed by atoms with Crippen molar-refractivity contribution >= 4 is 17.0 Å². The van der Waals surface area contributed by atoms with Gasteiger partial charge in [0.15, 0.2) is 0 Å². The fourth-order valence-corrected chi connectivity index (χ4v) is 3.26. The summed E-state index contributed by atoms with van der Waals surface area (Å²) in [4.78, 5) is 1.51. The molecule has 2 heteroatoms. The summed E-state index contributed by atoms with van der Waals surface area (Å²) in [5.41, 5.74) is 9.23. The number of thiophene rings is 1. The molecule has 0 bridgehead atoms. The van der Waals surface area contributed by atoms with Gasteiger partial charge in [-0.3, -0.25) is 0 Å². The van der Waals surface area contributed by atoms with Crippen molar-refractivity contribution < 1.29 is 0 Å². The molecule has 0 aliphatic carbocycles. The van der Waals surface area contributed by atoms with Crippen LogP contribution in [0.2, 0.25) is 0 Å². The number of hydrogen-bond acceptors (Lipinski definition) is 2. The maximum atomic E-state index is 5.75. The molecule has 0 saturated carbocycles. The van der Waals surface area contributed by atoms with Crippen LogP contribution in [-0.4, -0.2) is 0 Å². The maximum Gasteiger partial charge on any atom is 0.0314 e. The van der Waals surface area contributed by atoms with Crippen molar-refractivity contribution in [2.24, 2.45) is 0 Å². The Hall–Kier alpha value is -1.28. The lowest BCUT2D eigenvalue weighted by molar-refractivity contribution is 0.632. The number of rotatable bonds is 5. The predicted molar refractivity (Wildman–Crippen MR) is 82.1 cm³/mol. The molecule has 1 heterocycles. The van der Waals surface area contributed by atoms with E-state index >= 15 is 0 Å². The van der Waals surface area contributed by atoms with E-state index in [2.05, 4.69) is 37.4 Å².